The minimum atomic E-state index is -0.421. The van der Waals surface area contributed by atoms with Crippen molar-refractivity contribution in [1.29, 1.82) is 5.26 Å². The van der Waals surface area contributed by atoms with E-state index in [2.05, 4.69) is 178 Å². The third-order valence-electron chi connectivity index (χ3n) is 12.8. The highest BCUT2D eigenvalue weighted by atomic mass is 14.9. The summed E-state index contributed by atoms with van der Waals surface area (Å²) in [4.78, 5) is 10.3. The van der Waals surface area contributed by atoms with Gasteiger partial charge in [0.15, 0.2) is 5.82 Å². The average Bonchev–Trinajstić information content (AvgIpc) is 3.62. The van der Waals surface area contributed by atoms with Crippen molar-refractivity contribution in [2.24, 2.45) is 0 Å². The van der Waals surface area contributed by atoms with Gasteiger partial charge in [0.2, 0.25) is 0 Å². The van der Waals surface area contributed by atoms with E-state index < -0.39 is 5.41 Å². The first-order chi connectivity index (χ1) is 29.4. The van der Waals surface area contributed by atoms with Crippen LogP contribution in [0.25, 0.3) is 67.3 Å². The Kier molecular flexibility index (Phi) is 8.12. The molecule has 3 heteroatoms. The highest BCUT2D eigenvalue weighted by molar-refractivity contribution is 5.89. The van der Waals surface area contributed by atoms with E-state index >= 15 is 0 Å². The van der Waals surface area contributed by atoms with Gasteiger partial charge in [-0.05, 0) is 103 Å². The number of nitrogens with zero attached hydrogens (tertiary/aromatic N) is 3. The van der Waals surface area contributed by atoms with Gasteiger partial charge in [-0.15, -0.1) is 0 Å². The molecule has 282 valence electrons. The molecule has 1 aromatic heterocycles. The lowest BCUT2D eigenvalue weighted by molar-refractivity contribution is 0.563. The van der Waals surface area contributed by atoms with Crippen LogP contribution in [0.5, 0.6) is 0 Å². The van der Waals surface area contributed by atoms with Crippen molar-refractivity contribution in [3.05, 3.63) is 239 Å². The lowest BCUT2D eigenvalue weighted by Crippen LogP contribution is -2.40. The zero-order valence-electron chi connectivity index (χ0n) is 33.4. The number of hydrogen-bond donors (Lipinski definition) is 0. The molecule has 0 aliphatic heterocycles. The first-order valence-corrected chi connectivity index (χ1v) is 20.5. The number of nitriles is 1. The van der Waals surface area contributed by atoms with E-state index in [9.17, 15) is 5.26 Å². The van der Waals surface area contributed by atoms with Gasteiger partial charge in [-0.1, -0.05) is 178 Å². The molecule has 60 heavy (non-hydrogen) atoms. The molecule has 0 bridgehead atoms. The van der Waals surface area contributed by atoms with Crippen LogP contribution in [-0.4, -0.2) is 9.97 Å². The van der Waals surface area contributed by atoms with Gasteiger partial charge in [0.25, 0.3) is 0 Å². The fourth-order valence-electron chi connectivity index (χ4n) is 9.97. The number of aromatic nitrogens is 2. The van der Waals surface area contributed by atoms with Crippen molar-refractivity contribution >= 4 is 0 Å². The van der Waals surface area contributed by atoms with Crippen molar-refractivity contribution in [3.63, 3.8) is 0 Å². The summed E-state index contributed by atoms with van der Waals surface area (Å²) in [6.07, 6.45) is 0. The normalized spacial score (nSPS) is 13.8. The van der Waals surface area contributed by atoms with E-state index in [0.29, 0.717) is 11.4 Å². The smallest absolute Gasteiger partial charge is 0.160 e. The molecule has 3 nitrogen and oxygen atoms in total. The highest BCUT2D eigenvalue weighted by Crippen LogP contribution is 2.62. The number of fused-ring (bicyclic) bond motifs is 9. The largest absolute Gasteiger partial charge is 0.228 e. The second-order valence-electron chi connectivity index (χ2n) is 16.5. The Labute approximate surface area is 351 Å². The zero-order chi connectivity index (χ0) is 40.4. The molecule has 0 fully saturated rings. The monoisotopic (exact) mass is 765 g/mol. The van der Waals surface area contributed by atoms with Crippen LogP contribution in [0.3, 0.4) is 0 Å². The third-order valence-corrected chi connectivity index (χ3v) is 12.8. The predicted molar refractivity (Wildman–Crippen MR) is 243 cm³/mol. The molecular weight excluding hydrogens is 727 g/mol. The van der Waals surface area contributed by atoms with Gasteiger partial charge in [0.1, 0.15) is 0 Å². The minimum absolute atomic E-state index is 0.242. The van der Waals surface area contributed by atoms with Gasteiger partial charge < -0.3 is 0 Å². The van der Waals surface area contributed by atoms with Gasteiger partial charge in [0.05, 0.1) is 28.4 Å². The molecule has 9 aromatic rings. The van der Waals surface area contributed by atoms with E-state index in [1.54, 1.807) is 0 Å². The van der Waals surface area contributed by atoms with Gasteiger partial charge in [0, 0.05) is 22.1 Å². The maximum Gasteiger partial charge on any atom is 0.160 e. The van der Waals surface area contributed by atoms with E-state index in [-0.39, 0.29) is 5.41 Å². The Morgan fingerprint density at radius 1 is 0.367 bits per heavy atom. The van der Waals surface area contributed by atoms with Crippen molar-refractivity contribution in [2.75, 3.05) is 0 Å². The number of benzene rings is 8. The summed E-state index contributed by atoms with van der Waals surface area (Å²) in [6, 6.07) is 73.7. The lowest BCUT2D eigenvalue weighted by Gasteiger charge is -2.46. The summed E-state index contributed by atoms with van der Waals surface area (Å²) in [5.41, 5.74) is 19.6. The molecular formula is C57H39N3. The molecule has 0 atom stereocenters. The standard InChI is InChI=1S/C57H39N3/c1-56(2)49-27-10-11-28-50(49)57(47-25-8-6-23-45(47)46-24-7-9-26-48(46)57)51-30-29-42(34-52(51)56)41-20-14-22-44(33-41)54-35-53(59-55(60-54)38-16-4-3-5-17-38)43-21-13-19-40(32-43)39-18-12-15-37(31-39)36-58/h3-35H,1-2H3. The second-order valence-corrected chi connectivity index (χ2v) is 16.5. The predicted octanol–water partition coefficient (Wildman–Crippen LogP) is 13.7. The molecule has 2 aliphatic rings. The molecule has 2 aliphatic carbocycles. The van der Waals surface area contributed by atoms with E-state index in [0.717, 1.165) is 44.8 Å². The van der Waals surface area contributed by atoms with Crippen molar-refractivity contribution in [3.8, 4) is 73.4 Å². The summed E-state index contributed by atoms with van der Waals surface area (Å²) in [6.45, 7) is 4.76. The highest BCUT2D eigenvalue weighted by Gasteiger charge is 2.53. The Bertz CT molecular complexity index is 3160. The molecule has 0 amide bonds. The Hall–Kier alpha value is -7.67. The van der Waals surface area contributed by atoms with Crippen LogP contribution in [0.15, 0.2) is 200 Å². The van der Waals surface area contributed by atoms with E-state index in [1.807, 2.05) is 42.5 Å². The second kappa shape index (κ2) is 13.7. The lowest BCUT2D eigenvalue weighted by atomic mass is 9.55. The molecule has 0 saturated heterocycles. The molecule has 11 rings (SSSR count). The SMILES string of the molecule is CC1(C)c2ccccc2C2(c3ccccc3-c3ccccc32)c2ccc(-c3cccc(-c4cc(-c5cccc(-c6cccc(C#N)c6)c5)nc(-c5ccccc5)n4)c3)cc21. The van der Waals surface area contributed by atoms with Crippen LogP contribution in [-0.2, 0) is 10.8 Å². The van der Waals surface area contributed by atoms with Crippen molar-refractivity contribution in [2.45, 2.75) is 24.7 Å². The molecule has 1 heterocycles. The van der Waals surface area contributed by atoms with Gasteiger partial charge in [-0.3, -0.25) is 0 Å². The molecule has 0 N–H and O–H groups in total. The van der Waals surface area contributed by atoms with Crippen molar-refractivity contribution < 1.29 is 0 Å². The van der Waals surface area contributed by atoms with Crippen LogP contribution in [0, 0.1) is 11.3 Å². The quantitative estimate of drug-likeness (QED) is 0.175. The minimum Gasteiger partial charge on any atom is -0.228 e. The number of rotatable bonds is 5. The zero-order valence-corrected chi connectivity index (χ0v) is 33.4. The molecule has 0 radical (unpaired) electrons. The first-order valence-electron chi connectivity index (χ1n) is 20.5. The number of hydrogen-bond acceptors (Lipinski definition) is 3. The molecule has 8 aromatic carbocycles. The maximum atomic E-state index is 9.56. The summed E-state index contributed by atoms with van der Waals surface area (Å²) in [5.74, 6) is 0.669. The Morgan fingerprint density at radius 3 is 1.45 bits per heavy atom. The van der Waals surface area contributed by atoms with Crippen LogP contribution in [0.2, 0.25) is 0 Å². The van der Waals surface area contributed by atoms with Crippen LogP contribution in [0.4, 0.5) is 0 Å². The summed E-state index contributed by atoms with van der Waals surface area (Å²) >= 11 is 0. The summed E-state index contributed by atoms with van der Waals surface area (Å²) < 4.78 is 0. The topological polar surface area (TPSA) is 49.6 Å². The third kappa shape index (κ3) is 5.42. The molecule has 1 spiro atoms. The fourth-order valence-corrected chi connectivity index (χ4v) is 9.97. The van der Waals surface area contributed by atoms with Crippen LogP contribution in [0.1, 0.15) is 52.8 Å². The summed E-state index contributed by atoms with van der Waals surface area (Å²) in [7, 11) is 0. The molecule has 0 unspecified atom stereocenters. The first kappa shape index (κ1) is 35.5. The Balaban J connectivity index is 1.06. The van der Waals surface area contributed by atoms with Crippen LogP contribution < -0.4 is 0 Å². The van der Waals surface area contributed by atoms with Gasteiger partial charge >= 0.3 is 0 Å². The fraction of sp³-hybridized carbons (Fsp3) is 0.0702. The van der Waals surface area contributed by atoms with E-state index in [1.165, 1.54) is 50.1 Å². The average molecular weight is 766 g/mol. The van der Waals surface area contributed by atoms with Gasteiger partial charge in [-0.2, -0.15) is 5.26 Å². The Morgan fingerprint density at radius 2 is 0.833 bits per heavy atom. The van der Waals surface area contributed by atoms with Crippen LogP contribution >= 0.6 is 0 Å². The van der Waals surface area contributed by atoms with E-state index in [4.69, 9.17) is 9.97 Å². The summed E-state index contributed by atoms with van der Waals surface area (Å²) in [5, 5.41) is 9.56. The molecule has 0 saturated carbocycles. The van der Waals surface area contributed by atoms with Gasteiger partial charge in [-0.25, -0.2) is 9.97 Å². The van der Waals surface area contributed by atoms with Crippen molar-refractivity contribution in [1.82, 2.24) is 9.97 Å². The maximum absolute atomic E-state index is 9.56.